The van der Waals surface area contributed by atoms with Crippen LogP contribution in [0.3, 0.4) is 0 Å². The van der Waals surface area contributed by atoms with Gasteiger partial charge >= 0.3 is 0 Å². The van der Waals surface area contributed by atoms with E-state index in [-0.39, 0.29) is 77.3 Å². The second kappa shape index (κ2) is 17.6. The van der Waals surface area contributed by atoms with Crippen molar-refractivity contribution in [3.05, 3.63) is 0 Å². The van der Waals surface area contributed by atoms with Crippen molar-refractivity contribution in [3.8, 4) is 0 Å². The van der Waals surface area contributed by atoms with Crippen molar-refractivity contribution in [1.29, 1.82) is 0 Å². The van der Waals surface area contributed by atoms with Crippen LogP contribution in [0.2, 0.25) is 0 Å². The molecular formula is CeLaOS. The smallest absolute Gasteiger partial charge is 0.197 e. The molecule has 0 aromatic rings. The van der Waals surface area contributed by atoms with Gasteiger partial charge < -0.3 is 0 Å². The number of hydrogen-bond donors (Lipinski definition) is 0. The molecule has 1 radical (unpaired) electrons. The summed E-state index contributed by atoms with van der Waals surface area (Å²) in [6.45, 7) is 0. The van der Waals surface area contributed by atoms with Crippen molar-refractivity contribution < 1.29 is 81.6 Å². The molecule has 0 aliphatic carbocycles. The van der Waals surface area contributed by atoms with Gasteiger partial charge in [0.15, 0.2) is 12.5 Å². The van der Waals surface area contributed by atoms with Crippen molar-refractivity contribution in [3.63, 3.8) is 0 Å². The third-order valence-corrected chi connectivity index (χ3v) is 0. The molecule has 0 spiro atoms. The molecule has 19 valence electrons. The molecule has 0 aromatic carbocycles. The standard InChI is InChI=1S/Ce.La.OS/c;;1-2. The second-order valence-corrected chi connectivity index (χ2v) is 0. The average molecular weight is 327 g/mol. The summed E-state index contributed by atoms with van der Waals surface area (Å²) >= 11 is 2.83. The molecule has 0 amide bonds. The summed E-state index contributed by atoms with van der Waals surface area (Å²) in [5.74, 6) is 0. The van der Waals surface area contributed by atoms with Gasteiger partial charge in [-0.05, 0) is 0 Å². The van der Waals surface area contributed by atoms with E-state index in [1.807, 2.05) is 0 Å². The topological polar surface area (TPSA) is 17.1 Å². The molecule has 1 nitrogen and oxygen atoms in total. The first-order valence-corrected chi connectivity index (χ1v) is 0.500. The Morgan fingerprint density at radius 3 is 1.25 bits per heavy atom. The Hall–Kier alpha value is 2.59. The molecule has 0 aliphatic heterocycles. The fourth-order valence-corrected chi connectivity index (χ4v) is 0. The quantitative estimate of drug-likeness (QED) is 0.606. The molecule has 4 heteroatoms. The summed E-state index contributed by atoms with van der Waals surface area (Å²) in [5, 5.41) is 0. The third-order valence-electron chi connectivity index (χ3n) is 0. The molecule has 4 heavy (non-hydrogen) atoms. The average Bonchev–Trinajstić information content (AvgIpc) is 1.00. The maximum Gasteiger partial charge on any atom is 0.197 e. The Labute approximate surface area is 91.8 Å². The fraction of sp³-hybridized carbons (Fsp3) is 0. The molecule has 0 fully saturated rings. The summed E-state index contributed by atoms with van der Waals surface area (Å²) in [6, 6.07) is 0. The minimum Gasteiger partial charge on any atom is -0.197 e. The zero-order valence-electron chi connectivity index (χ0n) is 1.89. The van der Waals surface area contributed by atoms with Gasteiger partial charge in [0.2, 0.25) is 0 Å². The third kappa shape index (κ3) is 8.82. The van der Waals surface area contributed by atoms with Crippen molar-refractivity contribution in [1.82, 2.24) is 0 Å². The normalized spacial score (nSPS) is 1.00. The van der Waals surface area contributed by atoms with E-state index in [1.54, 1.807) is 0 Å². The summed E-state index contributed by atoms with van der Waals surface area (Å²) in [7, 11) is 0. The van der Waals surface area contributed by atoms with E-state index >= 15 is 0 Å². The summed E-state index contributed by atoms with van der Waals surface area (Å²) < 4.78 is 7.83. The van der Waals surface area contributed by atoms with Crippen LogP contribution in [-0.2, 0) is 12.5 Å². The Morgan fingerprint density at radius 2 is 1.25 bits per heavy atom. The van der Waals surface area contributed by atoms with Gasteiger partial charge in [-0.3, -0.25) is 0 Å². The van der Waals surface area contributed by atoms with Crippen molar-refractivity contribution in [2.45, 2.75) is 0 Å². The van der Waals surface area contributed by atoms with Crippen molar-refractivity contribution in [2.75, 3.05) is 0 Å². The first-order chi connectivity index (χ1) is 1.00. The summed E-state index contributed by atoms with van der Waals surface area (Å²) in [5.41, 5.74) is 0. The van der Waals surface area contributed by atoms with Crippen LogP contribution in [0.1, 0.15) is 0 Å². The van der Waals surface area contributed by atoms with Crippen LogP contribution < -0.4 is 0 Å². The Morgan fingerprint density at radius 1 is 1.25 bits per heavy atom. The molecule has 0 saturated carbocycles. The van der Waals surface area contributed by atoms with Crippen LogP contribution in [0.15, 0.2) is 0 Å². The van der Waals surface area contributed by atoms with Gasteiger partial charge in [0, 0.05) is 77.3 Å². The molecule has 0 heterocycles. The fourth-order valence-electron chi connectivity index (χ4n) is 0. The predicted molar refractivity (Wildman–Crippen MR) is 8.14 cm³/mol. The first kappa shape index (κ1) is 16.0. The molecular weight excluding hydrogens is 327 g/mol. The van der Waals surface area contributed by atoms with Crippen LogP contribution in [0.4, 0.5) is 0 Å². The van der Waals surface area contributed by atoms with Crippen molar-refractivity contribution >= 4 is 12.5 Å². The molecule has 0 N–H and O–H groups in total. The zero-order chi connectivity index (χ0) is 2.00. The molecule has 0 rings (SSSR count). The van der Waals surface area contributed by atoms with Gasteiger partial charge in [0.1, 0.15) is 0 Å². The van der Waals surface area contributed by atoms with E-state index in [1.165, 1.54) is 0 Å². The Balaban J connectivity index is -0.00000000500. The van der Waals surface area contributed by atoms with Crippen LogP contribution >= 0.6 is 0 Å². The zero-order valence-corrected chi connectivity index (χ0v) is 9.48. The molecule has 0 bridgehead atoms. The Bertz CT molecular complexity index is 8.00. The molecule has 0 saturated heterocycles. The van der Waals surface area contributed by atoms with E-state index in [4.69, 9.17) is 4.21 Å². The predicted octanol–water partition coefficient (Wildman–Crippen LogP) is -0.336. The van der Waals surface area contributed by atoms with E-state index in [9.17, 15) is 0 Å². The van der Waals surface area contributed by atoms with Crippen molar-refractivity contribution in [2.24, 2.45) is 0 Å². The monoisotopic (exact) mass is 327 g/mol. The maximum absolute atomic E-state index is 7.83. The Kier molecular flexibility index (Phi) is 70.1. The van der Waals surface area contributed by atoms with Gasteiger partial charge in [0.05, 0.1) is 0 Å². The van der Waals surface area contributed by atoms with E-state index in [0.717, 1.165) is 0 Å². The summed E-state index contributed by atoms with van der Waals surface area (Å²) in [4.78, 5) is 0. The minimum atomic E-state index is 0. The second-order valence-electron chi connectivity index (χ2n) is 0. The van der Waals surface area contributed by atoms with Crippen LogP contribution in [-0.4, -0.2) is 4.21 Å². The maximum atomic E-state index is 7.83. The number of hydrogen-bond acceptors (Lipinski definition) is 2. The SMILES string of the molecule is O=S.[Ce].[La]. The van der Waals surface area contributed by atoms with Gasteiger partial charge in [-0.15, -0.1) is 0 Å². The molecule has 0 atom stereocenters. The van der Waals surface area contributed by atoms with Crippen LogP contribution in [0, 0.1) is 77.3 Å². The van der Waals surface area contributed by atoms with E-state index in [2.05, 4.69) is 12.5 Å². The van der Waals surface area contributed by atoms with Gasteiger partial charge in [-0.2, -0.15) is 4.21 Å². The minimum absolute atomic E-state index is 0. The molecule has 0 aliphatic rings. The number of rotatable bonds is 0. The van der Waals surface area contributed by atoms with E-state index in [0.29, 0.717) is 0 Å². The molecule has 0 unspecified atom stereocenters. The van der Waals surface area contributed by atoms with Gasteiger partial charge in [0.25, 0.3) is 0 Å². The van der Waals surface area contributed by atoms with Crippen LogP contribution in [0.25, 0.3) is 0 Å². The first-order valence-electron chi connectivity index (χ1n) is 0.167. The van der Waals surface area contributed by atoms with Crippen LogP contribution in [0.5, 0.6) is 0 Å². The van der Waals surface area contributed by atoms with E-state index < -0.39 is 0 Å². The van der Waals surface area contributed by atoms with Gasteiger partial charge in [-0.25, -0.2) is 0 Å². The van der Waals surface area contributed by atoms with Gasteiger partial charge in [-0.1, -0.05) is 0 Å². The molecule has 0 aromatic heterocycles. The summed E-state index contributed by atoms with van der Waals surface area (Å²) in [6.07, 6.45) is 0. The largest absolute Gasteiger partial charge is 0.197 e.